The van der Waals surface area contributed by atoms with Crippen molar-refractivity contribution in [2.75, 3.05) is 19.6 Å². The molecule has 2 heterocycles. The summed E-state index contributed by atoms with van der Waals surface area (Å²) in [6.45, 7) is 2.08. The first kappa shape index (κ1) is 14.0. The minimum absolute atomic E-state index is 0.120. The Hall–Kier alpha value is -2.44. The molecule has 0 aliphatic carbocycles. The van der Waals surface area contributed by atoms with Crippen LogP contribution in [0.25, 0.3) is 0 Å². The Balaban J connectivity index is 1.86. The van der Waals surface area contributed by atoms with Crippen LogP contribution in [0, 0.1) is 22.7 Å². The normalized spacial score (nSPS) is 16.1. The first-order valence-corrected chi connectivity index (χ1v) is 6.49. The van der Waals surface area contributed by atoms with Crippen LogP contribution in [0.15, 0.2) is 18.3 Å². The van der Waals surface area contributed by atoms with E-state index in [1.807, 2.05) is 6.07 Å². The van der Waals surface area contributed by atoms with Crippen molar-refractivity contribution >= 4 is 5.91 Å². The van der Waals surface area contributed by atoms with E-state index in [9.17, 15) is 4.79 Å². The highest BCUT2D eigenvalue weighted by Crippen LogP contribution is 2.10. The topological polar surface area (TPSA) is 92.8 Å². The largest absolute Gasteiger partial charge is 0.348 e. The molecule has 0 bridgehead atoms. The van der Waals surface area contributed by atoms with Gasteiger partial charge in [-0.2, -0.15) is 10.5 Å². The average Bonchev–Trinajstić information content (AvgIpc) is 2.49. The maximum absolute atomic E-state index is 12.0. The van der Waals surface area contributed by atoms with Gasteiger partial charge in [-0.25, -0.2) is 4.98 Å². The van der Waals surface area contributed by atoms with E-state index in [1.165, 1.54) is 6.20 Å². The van der Waals surface area contributed by atoms with Gasteiger partial charge in [0.05, 0.1) is 18.2 Å². The quantitative estimate of drug-likeness (QED) is 0.814. The molecule has 0 saturated carbocycles. The standard InChI is InChI=1S/C14H15N5O/c15-5-8-19-6-3-12(4-7-19)18-14(20)13-2-1-11(9-16)10-17-13/h1-2,10,12H,3-4,6-8H2,(H,18,20). The Morgan fingerprint density at radius 3 is 2.70 bits per heavy atom. The van der Waals surface area contributed by atoms with Gasteiger partial charge < -0.3 is 5.32 Å². The molecule has 1 amide bonds. The lowest BCUT2D eigenvalue weighted by Crippen LogP contribution is -2.44. The number of hydrogen-bond acceptors (Lipinski definition) is 5. The number of rotatable bonds is 3. The zero-order valence-electron chi connectivity index (χ0n) is 11.0. The molecule has 1 aliphatic rings. The molecule has 0 aromatic carbocycles. The van der Waals surface area contributed by atoms with Crippen molar-refractivity contribution in [2.24, 2.45) is 0 Å². The van der Waals surface area contributed by atoms with Crippen LogP contribution < -0.4 is 5.32 Å². The number of carbonyl (C=O) groups is 1. The lowest BCUT2D eigenvalue weighted by atomic mass is 10.0. The Morgan fingerprint density at radius 2 is 2.15 bits per heavy atom. The third-order valence-corrected chi connectivity index (χ3v) is 3.34. The lowest BCUT2D eigenvalue weighted by molar-refractivity contribution is 0.0909. The van der Waals surface area contributed by atoms with E-state index in [-0.39, 0.29) is 11.9 Å². The molecule has 0 spiro atoms. The van der Waals surface area contributed by atoms with Crippen molar-refractivity contribution in [3.8, 4) is 12.1 Å². The first-order chi connectivity index (χ1) is 9.72. The molecule has 1 aliphatic heterocycles. The van der Waals surface area contributed by atoms with Crippen LogP contribution in [-0.4, -0.2) is 41.5 Å². The summed E-state index contributed by atoms with van der Waals surface area (Å²) in [5, 5.41) is 20.2. The molecule has 2 rings (SSSR count). The number of nitrogens with zero attached hydrogens (tertiary/aromatic N) is 4. The zero-order chi connectivity index (χ0) is 14.4. The molecule has 20 heavy (non-hydrogen) atoms. The summed E-state index contributed by atoms with van der Waals surface area (Å²) >= 11 is 0. The van der Waals surface area contributed by atoms with Crippen molar-refractivity contribution in [1.29, 1.82) is 10.5 Å². The highest BCUT2D eigenvalue weighted by Gasteiger charge is 2.21. The number of likely N-dealkylation sites (tertiary alicyclic amines) is 1. The second kappa shape index (κ2) is 6.65. The second-order valence-electron chi connectivity index (χ2n) is 4.73. The number of nitrogens with one attached hydrogen (secondary N) is 1. The maximum atomic E-state index is 12.0. The minimum atomic E-state index is -0.215. The summed E-state index contributed by atoms with van der Waals surface area (Å²) in [6.07, 6.45) is 3.07. The summed E-state index contributed by atoms with van der Waals surface area (Å²) in [4.78, 5) is 18.0. The molecule has 102 valence electrons. The molecule has 1 N–H and O–H groups in total. The van der Waals surface area contributed by atoms with Crippen molar-refractivity contribution in [3.63, 3.8) is 0 Å². The van der Waals surface area contributed by atoms with E-state index in [0.717, 1.165) is 25.9 Å². The molecule has 0 unspecified atom stereocenters. The number of piperidine rings is 1. The summed E-state index contributed by atoms with van der Waals surface area (Å²) in [5.74, 6) is -0.215. The monoisotopic (exact) mass is 269 g/mol. The van der Waals surface area contributed by atoms with E-state index in [0.29, 0.717) is 17.8 Å². The summed E-state index contributed by atoms with van der Waals surface area (Å²) in [6, 6.07) is 7.35. The van der Waals surface area contributed by atoms with Gasteiger partial charge in [-0.3, -0.25) is 9.69 Å². The van der Waals surface area contributed by atoms with Crippen LogP contribution in [0.3, 0.4) is 0 Å². The smallest absolute Gasteiger partial charge is 0.270 e. The van der Waals surface area contributed by atoms with Crippen LogP contribution in [0.5, 0.6) is 0 Å². The average molecular weight is 269 g/mol. The van der Waals surface area contributed by atoms with E-state index in [4.69, 9.17) is 10.5 Å². The first-order valence-electron chi connectivity index (χ1n) is 6.49. The summed E-state index contributed by atoms with van der Waals surface area (Å²) < 4.78 is 0. The number of carbonyl (C=O) groups excluding carboxylic acids is 1. The van der Waals surface area contributed by atoms with E-state index < -0.39 is 0 Å². The molecule has 0 radical (unpaired) electrons. The van der Waals surface area contributed by atoms with E-state index >= 15 is 0 Å². The van der Waals surface area contributed by atoms with Crippen LogP contribution in [-0.2, 0) is 0 Å². The highest BCUT2D eigenvalue weighted by molar-refractivity contribution is 5.92. The fourth-order valence-corrected chi connectivity index (χ4v) is 2.19. The predicted molar refractivity (Wildman–Crippen MR) is 71.5 cm³/mol. The van der Waals surface area contributed by atoms with Crippen molar-refractivity contribution in [3.05, 3.63) is 29.6 Å². The van der Waals surface area contributed by atoms with Crippen molar-refractivity contribution in [1.82, 2.24) is 15.2 Å². The Labute approximate surface area is 117 Å². The van der Waals surface area contributed by atoms with Crippen LogP contribution in [0.4, 0.5) is 0 Å². The molecule has 1 fully saturated rings. The molecule has 6 nitrogen and oxygen atoms in total. The van der Waals surface area contributed by atoms with E-state index in [2.05, 4.69) is 21.3 Å². The van der Waals surface area contributed by atoms with Gasteiger partial charge in [0.15, 0.2) is 0 Å². The number of aromatic nitrogens is 1. The van der Waals surface area contributed by atoms with Gasteiger partial charge in [-0.1, -0.05) is 0 Å². The zero-order valence-corrected chi connectivity index (χ0v) is 11.0. The molecule has 1 aromatic rings. The lowest BCUT2D eigenvalue weighted by Gasteiger charge is -2.30. The molecule has 1 saturated heterocycles. The molecular formula is C14H15N5O. The summed E-state index contributed by atoms with van der Waals surface area (Å²) in [5.41, 5.74) is 0.759. The maximum Gasteiger partial charge on any atom is 0.270 e. The van der Waals surface area contributed by atoms with Gasteiger partial charge in [0.1, 0.15) is 11.8 Å². The highest BCUT2D eigenvalue weighted by atomic mass is 16.1. The molecule has 0 atom stereocenters. The van der Waals surface area contributed by atoms with Gasteiger partial charge in [0.2, 0.25) is 0 Å². The van der Waals surface area contributed by atoms with Crippen LogP contribution in [0.1, 0.15) is 28.9 Å². The van der Waals surface area contributed by atoms with Gasteiger partial charge in [-0.05, 0) is 25.0 Å². The SMILES string of the molecule is N#CCN1CCC(NC(=O)c2ccc(C#N)cn2)CC1. The fraction of sp³-hybridized carbons (Fsp3) is 0.429. The third-order valence-electron chi connectivity index (χ3n) is 3.34. The fourth-order valence-electron chi connectivity index (χ4n) is 2.19. The molecule has 1 aromatic heterocycles. The van der Waals surface area contributed by atoms with E-state index in [1.54, 1.807) is 12.1 Å². The molecular weight excluding hydrogens is 254 g/mol. The number of hydrogen-bond donors (Lipinski definition) is 1. The number of amides is 1. The predicted octanol–water partition coefficient (Wildman–Crippen LogP) is 0.671. The Kier molecular flexibility index (Phi) is 4.65. The van der Waals surface area contributed by atoms with Crippen molar-refractivity contribution in [2.45, 2.75) is 18.9 Å². The van der Waals surface area contributed by atoms with Gasteiger partial charge in [-0.15, -0.1) is 0 Å². The number of nitriles is 2. The van der Waals surface area contributed by atoms with Gasteiger partial charge >= 0.3 is 0 Å². The van der Waals surface area contributed by atoms with Crippen LogP contribution >= 0.6 is 0 Å². The minimum Gasteiger partial charge on any atom is -0.348 e. The van der Waals surface area contributed by atoms with Gasteiger partial charge in [0, 0.05) is 25.3 Å². The number of pyridine rings is 1. The Bertz CT molecular complexity index is 546. The van der Waals surface area contributed by atoms with Gasteiger partial charge in [0.25, 0.3) is 5.91 Å². The summed E-state index contributed by atoms with van der Waals surface area (Å²) in [7, 11) is 0. The second-order valence-corrected chi connectivity index (χ2v) is 4.73. The Morgan fingerprint density at radius 1 is 1.40 bits per heavy atom. The third kappa shape index (κ3) is 3.53. The van der Waals surface area contributed by atoms with Crippen LogP contribution in [0.2, 0.25) is 0 Å². The van der Waals surface area contributed by atoms with Crippen molar-refractivity contribution < 1.29 is 4.79 Å². The molecule has 6 heteroatoms.